The van der Waals surface area contributed by atoms with Gasteiger partial charge in [0.1, 0.15) is 12.6 Å². The molecule has 7 heteroatoms. The van der Waals surface area contributed by atoms with Gasteiger partial charge >= 0.3 is 0 Å². The first-order valence-electron chi connectivity index (χ1n) is 7.95. The monoisotopic (exact) mass is 345 g/mol. The van der Waals surface area contributed by atoms with Gasteiger partial charge in [-0.3, -0.25) is 9.59 Å². The summed E-state index contributed by atoms with van der Waals surface area (Å²) in [5.41, 5.74) is 0.977. The van der Waals surface area contributed by atoms with Crippen LogP contribution in [0.1, 0.15) is 19.4 Å². The molecule has 1 aliphatic rings. The Balaban J connectivity index is 2.56. The molecule has 1 heterocycles. The molecule has 0 radical (unpaired) electrons. The molecule has 2 amide bonds. The molecule has 0 spiro atoms. The molecule has 25 heavy (non-hydrogen) atoms. The average Bonchev–Trinajstić information content (AvgIpc) is 2.56. The summed E-state index contributed by atoms with van der Waals surface area (Å²) in [6.07, 6.45) is 1.52. The maximum Gasteiger partial charge on any atom is 0.253 e. The molecule has 0 saturated carbocycles. The smallest absolute Gasteiger partial charge is 0.253 e. The van der Waals surface area contributed by atoms with Gasteiger partial charge in [0.2, 0.25) is 0 Å². The van der Waals surface area contributed by atoms with Gasteiger partial charge in [0, 0.05) is 13.3 Å². The van der Waals surface area contributed by atoms with Crippen LogP contribution in [0, 0.1) is 5.92 Å². The van der Waals surface area contributed by atoms with Gasteiger partial charge < -0.3 is 24.4 Å². The highest BCUT2D eigenvalue weighted by atomic mass is 16.5. The van der Waals surface area contributed by atoms with Crippen LogP contribution in [-0.4, -0.2) is 53.9 Å². The zero-order valence-electron chi connectivity index (χ0n) is 14.5. The highest BCUT2D eigenvalue weighted by molar-refractivity contribution is 5.99. The molecular weight excluding hydrogens is 324 g/mol. The molecule has 1 aromatic rings. The number of amides is 2. The fraction of sp³-hybridized carbons (Fsp3) is 0.389. The predicted octanol–water partition coefficient (Wildman–Crippen LogP) is 0.0767. The summed E-state index contributed by atoms with van der Waals surface area (Å²) in [5.74, 6) is -2.39. The molecule has 1 unspecified atom stereocenters. The summed E-state index contributed by atoms with van der Waals surface area (Å²) in [6, 6.07) is 8.05. The molecule has 0 bridgehead atoms. The third-order valence-corrected chi connectivity index (χ3v) is 3.91. The lowest BCUT2D eigenvalue weighted by atomic mass is 9.97. The summed E-state index contributed by atoms with van der Waals surface area (Å²) >= 11 is 0. The molecule has 0 saturated heterocycles. The highest BCUT2D eigenvalue weighted by Gasteiger charge is 2.40. The van der Waals surface area contributed by atoms with Crippen LogP contribution in [0.5, 0.6) is 0 Å². The normalized spacial score (nSPS) is 17.7. The van der Waals surface area contributed by atoms with Crippen LogP contribution in [0.4, 0.5) is 0 Å². The van der Waals surface area contributed by atoms with Gasteiger partial charge in [-0.25, -0.2) is 0 Å². The van der Waals surface area contributed by atoms with Crippen molar-refractivity contribution in [3.05, 3.63) is 42.1 Å². The summed E-state index contributed by atoms with van der Waals surface area (Å²) < 4.78 is 4.90. The second-order valence-electron chi connectivity index (χ2n) is 6.10. The predicted molar refractivity (Wildman–Crippen MR) is 88.5 cm³/mol. The van der Waals surface area contributed by atoms with Gasteiger partial charge in [-0.2, -0.15) is 0 Å². The number of methoxy groups -OCH3 is 1. The summed E-state index contributed by atoms with van der Waals surface area (Å²) in [6.45, 7) is 2.85. The van der Waals surface area contributed by atoms with Crippen LogP contribution < -0.4 is 5.11 Å². The number of benzene rings is 1. The number of nitrogens with zero attached hydrogens (tertiary/aromatic N) is 2. The molecule has 0 N–H and O–H groups in total. The van der Waals surface area contributed by atoms with Crippen LogP contribution in [0.3, 0.4) is 0 Å². The van der Waals surface area contributed by atoms with E-state index in [1.54, 1.807) is 38.1 Å². The largest absolute Gasteiger partial charge is 0.548 e. The van der Waals surface area contributed by atoms with Crippen molar-refractivity contribution in [3.63, 3.8) is 0 Å². The second-order valence-corrected chi connectivity index (χ2v) is 6.10. The minimum atomic E-state index is -1.37. The molecule has 1 aromatic carbocycles. The van der Waals surface area contributed by atoms with Gasteiger partial charge in [0.25, 0.3) is 11.8 Å². The molecule has 2 rings (SSSR count). The lowest BCUT2D eigenvalue weighted by Crippen LogP contribution is -2.57. The Bertz CT molecular complexity index is 684. The molecule has 134 valence electrons. The molecular formula is C18H21N2O5-. The van der Waals surface area contributed by atoms with E-state index in [-0.39, 0.29) is 18.4 Å². The lowest BCUT2D eigenvalue weighted by Gasteiger charge is -2.41. The number of carbonyl (C=O) groups is 3. The summed E-state index contributed by atoms with van der Waals surface area (Å²) in [5, 5.41) is 11.2. The van der Waals surface area contributed by atoms with E-state index >= 15 is 0 Å². The van der Waals surface area contributed by atoms with Crippen molar-refractivity contribution in [1.82, 2.24) is 9.80 Å². The maximum atomic E-state index is 13.0. The van der Waals surface area contributed by atoms with Crippen LogP contribution in [0.15, 0.2) is 36.5 Å². The molecule has 1 aliphatic heterocycles. The van der Waals surface area contributed by atoms with Gasteiger partial charge in [0.05, 0.1) is 18.2 Å². The van der Waals surface area contributed by atoms with Crippen molar-refractivity contribution in [2.75, 3.05) is 20.3 Å². The first kappa shape index (κ1) is 18.7. The SMILES string of the molecule is COCC(=O)N1C=C(c2ccccc2)N(CC(=O)[O-])C(=O)C1C(C)C. The number of hydrogen-bond acceptors (Lipinski definition) is 5. The number of hydrogen-bond donors (Lipinski definition) is 0. The Hall–Kier alpha value is -2.67. The van der Waals surface area contributed by atoms with Crippen molar-refractivity contribution < 1.29 is 24.2 Å². The third-order valence-electron chi connectivity index (χ3n) is 3.91. The van der Waals surface area contributed by atoms with Crippen molar-refractivity contribution in [1.29, 1.82) is 0 Å². The zero-order chi connectivity index (χ0) is 18.6. The fourth-order valence-electron chi connectivity index (χ4n) is 2.84. The van der Waals surface area contributed by atoms with Crippen molar-refractivity contribution >= 4 is 23.5 Å². The molecule has 0 aliphatic carbocycles. The van der Waals surface area contributed by atoms with Crippen LogP contribution in [0.2, 0.25) is 0 Å². The fourth-order valence-corrected chi connectivity index (χ4v) is 2.84. The standard InChI is InChI=1S/C18H22N2O5/c1-12(2)17-18(24)19(10-16(22)23)14(13-7-5-4-6-8-13)9-20(17)15(21)11-25-3/h4-9,12,17H,10-11H2,1-3H3,(H,22,23)/p-1. The van der Waals surface area contributed by atoms with E-state index in [1.165, 1.54) is 18.2 Å². The summed E-state index contributed by atoms with van der Waals surface area (Å²) in [4.78, 5) is 39.0. The van der Waals surface area contributed by atoms with Gasteiger partial charge in [-0.15, -0.1) is 0 Å². The minimum absolute atomic E-state index is 0.171. The Morgan fingerprint density at radius 3 is 2.40 bits per heavy atom. The number of ether oxygens (including phenoxy) is 1. The topological polar surface area (TPSA) is 90.0 Å². The van der Waals surface area contributed by atoms with E-state index in [2.05, 4.69) is 0 Å². The average molecular weight is 345 g/mol. The van der Waals surface area contributed by atoms with Gasteiger partial charge in [-0.1, -0.05) is 44.2 Å². The Morgan fingerprint density at radius 1 is 1.24 bits per heavy atom. The van der Waals surface area contributed by atoms with Crippen molar-refractivity contribution in [2.24, 2.45) is 5.92 Å². The van der Waals surface area contributed by atoms with Crippen LogP contribution in [0.25, 0.3) is 5.70 Å². The van der Waals surface area contributed by atoms with E-state index in [1.807, 2.05) is 6.07 Å². The third kappa shape index (κ3) is 4.06. The highest BCUT2D eigenvalue weighted by Crippen LogP contribution is 2.29. The first-order valence-corrected chi connectivity index (χ1v) is 7.95. The lowest BCUT2D eigenvalue weighted by molar-refractivity contribution is -0.305. The van der Waals surface area contributed by atoms with E-state index in [4.69, 9.17) is 4.74 Å². The Labute approximate surface area is 146 Å². The van der Waals surface area contributed by atoms with Gasteiger partial charge in [0.15, 0.2) is 0 Å². The van der Waals surface area contributed by atoms with Crippen molar-refractivity contribution in [3.8, 4) is 0 Å². The van der Waals surface area contributed by atoms with Crippen molar-refractivity contribution in [2.45, 2.75) is 19.9 Å². The van der Waals surface area contributed by atoms with E-state index < -0.39 is 24.5 Å². The van der Waals surface area contributed by atoms with E-state index in [0.717, 1.165) is 4.90 Å². The maximum absolute atomic E-state index is 13.0. The van der Waals surface area contributed by atoms with Crippen LogP contribution >= 0.6 is 0 Å². The molecule has 0 fully saturated rings. The minimum Gasteiger partial charge on any atom is -0.548 e. The van der Waals surface area contributed by atoms with Crippen LogP contribution in [-0.2, 0) is 19.1 Å². The van der Waals surface area contributed by atoms with E-state index in [9.17, 15) is 19.5 Å². The molecule has 0 aromatic heterocycles. The first-order chi connectivity index (χ1) is 11.9. The molecule has 1 atom stereocenters. The van der Waals surface area contributed by atoms with E-state index in [0.29, 0.717) is 11.3 Å². The van der Waals surface area contributed by atoms with Gasteiger partial charge in [-0.05, 0) is 11.5 Å². The molecule has 7 nitrogen and oxygen atoms in total. The number of carbonyl (C=O) groups excluding carboxylic acids is 3. The number of carboxylic acid groups (broad SMARTS) is 1. The Kier molecular flexibility index (Phi) is 5.93. The zero-order valence-corrected chi connectivity index (χ0v) is 14.5. The quantitative estimate of drug-likeness (QED) is 0.728. The number of aliphatic carboxylic acids is 1. The number of carboxylic acids is 1. The summed E-state index contributed by atoms with van der Waals surface area (Å²) in [7, 11) is 1.40. The second kappa shape index (κ2) is 7.94. The Morgan fingerprint density at radius 2 is 1.88 bits per heavy atom. The number of rotatable bonds is 6.